The molecule has 4 aromatic rings. The van der Waals surface area contributed by atoms with Crippen LogP contribution in [0.2, 0.25) is 0 Å². The summed E-state index contributed by atoms with van der Waals surface area (Å²) in [6.45, 7) is 0. The largest absolute Gasteiger partial charge is 0.328 e. The topological polar surface area (TPSA) is 36.9 Å². The minimum absolute atomic E-state index is 0.685. The second-order valence-corrected chi connectivity index (χ2v) is 6.14. The van der Waals surface area contributed by atoms with Crippen LogP contribution in [0.4, 0.5) is 5.69 Å². The van der Waals surface area contributed by atoms with Crippen molar-refractivity contribution in [3.63, 3.8) is 0 Å². The van der Waals surface area contributed by atoms with E-state index < -0.39 is 0 Å². The molecule has 0 atom stereocenters. The van der Waals surface area contributed by atoms with Crippen molar-refractivity contribution in [2.45, 2.75) is 0 Å². The van der Waals surface area contributed by atoms with Crippen LogP contribution in [0.25, 0.3) is 22.5 Å². The molecule has 0 saturated heterocycles. The molecule has 1 amide bonds. The zero-order chi connectivity index (χ0) is 18.5. The summed E-state index contributed by atoms with van der Waals surface area (Å²) in [4.78, 5) is 10.6. The molecule has 0 aliphatic rings. The van der Waals surface area contributed by atoms with Gasteiger partial charge >= 0.3 is 0 Å². The number of amides is 1. The Hall–Kier alpha value is -3.79. The van der Waals surface area contributed by atoms with Crippen molar-refractivity contribution in [2.24, 2.45) is 0 Å². The molecule has 130 valence electrons. The number of hydrogen-bond acceptors (Lipinski definition) is 1. The van der Waals surface area contributed by atoms with Crippen molar-refractivity contribution in [1.29, 1.82) is 0 Å². The van der Waals surface area contributed by atoms with Gasteiger partial charge in [0.15, 0.2) is 24.8 Å². The zero-order valence-corrected chi connectivity index (χ0v) is 14.7. The van der Waals surface area contributed by atoms with Crippen LogP contribution in [0.5, 0.6) is 0 Å². The van der Waals surface area contributed by atoms with E-state index in [-0.39, 0.29) is 0 Å². The van der Waals surface area contributed by atoms with Gasteiger partial charge in [0, 0.05) is 54.2 Å². The molecule has 0 bridgehead atoms. The van der Waals surface area contributed by atoms with Crippen molar-refractivity contribution in [3.05, 3.63) is 104 Å². The Morgan fingerprint density at radius 1 is 0.630 bits per heavy atom. The van der Waals surface area contributed by atoms with Crippen LogP contribution in [0.15, 0.2) is 104 Å². The molecule has 0 aliphatic heterocycles. The Labute approximate surface area is 158 Å². The molecule has 0 radical (unpaired) electrons. The first kappa shape index (κ1) is 16.7. The highest BCUT2D eigenvalue weighted by Gasteiger charge is 2.09. The average Bonchev–Trinajstić information content (AvgIpc) is 2.75. The number of pyridine rings is 2. The Morgan fingerprint density at radius 3 is 1.78 bits per heavy atom. The van der Waals surface area contributed by atoms with Crippen molar-refractivity contribution < 1.29 is 13.9 Å². The van der Waals surface area contributed by atoms with Crippen LogP contribution in [0, 0.1) is 0 Å². The summed E-state index contributed by atoms with van der Waals surface area (Å²) >= 11 is 0. The van der Waals surface area contributed by atoms with Gasteiger partial charge in [-0.25, -0.2) is 0 Å². The van der Waals surface area contributed by atoms with E-state index in [1.54, 1.807) is 0 Å². The summed E-state index contributed by atoms with van der Waals surface area (Å²) in [7, 11) is 0. The van der Waals surface area contributed by atoms with Gasteiger partial charge in [0.1, 0.15) is 0 Å². The standard InChI is InChI=1S/C23H18N3O/c27-18-24-21-5-4-8-23(17-21)26-15-11-20(12-16-26)19-9-13-25(14-10-19)22-6-2-1-3-7-22/h1-18H/q+1/p+1. The SMILES string of the molecule is O=CNc1cccc(-[n+]2ccc(-c3cc[n+](-c4ccccc4)cc3)cc2)c1. The van der Waals surface area contributed by atoms with Gasteiger partial charge in [-0.2, -0.15) is 9.13 Å². The minimum atomic E-state index is 0.685. The predicted octanol–water partition coefficient (Wildman–Crippen LogP) is 3.48. The second kappa shape index (κ2) is 7.62. The van der Waals surface area contributed by atoms with Crippen molar-refractivity contribution in [3.8, 4) is 22.5 Å². The summed E-state index contributed by atoms with van der Waals surface area (Å²) in [5, 5.41) is 2.68. The maximum atomic E-state index is 10.6. The third-order valence-corrected chi connectivity index (χ3v) is 4.42. The van der Waals surface area contributed by atoms with E-state index in [1.807, 2.05) is 59.4 Å². The molecular weight excluding hydrogens is 334 g/mol. The van der Waals surface area contributed by atoms with Crippen LogP contribution in [0.1, 0.15) is 0 Å². The first-order valence-corrected chi connectivity index (χ1v) is 8.72. The molecule has 4 heteroatoms. The molecule has 0 saturated carbocycles. The number of para-hydroxylation sites is 1. The first-order chi connectivity index (χ1) is 13.3. The van der Waals surface area contributed by atoms with Crippen LogP contribution in [-0.4, -0.2) is 6.41 Å². The highest BCUT2D eigenvalue weighted by Crippen LogP contribution is 2.17. The molecule has 0 spiro atoms. The molecular formula is C23H19N3O+2. The Kier molecular flexibility index (Phi) is 4.70. The summed E-state index contributed by atoms with van der Waals surface area (Å²) in [5.41, 5.74) is 5.20. The predicted molar refractivity (Wildman–Crippen MR) is 105 cm³/mol. The maximum absolute atomic E-state index is 10.6. The van der Waals surface area contributed by atoms with Gasteiger partial charge in [0.25, 0.3) is 0 Å². The molecule has 4 rings (SSSR count). The molecule has 2 heterocycles. The molecule has 4 nitrogen and oxygen atoms in total. The number of carbonyl (C=O) groups excluding carboxylic acids is 1. The summed E-state index contributed by atoms with van der Waals surface area (Å²) in [6, 6.07) is 26.4. The second-order valence-electron chi connectivity index (χ2n) is 6.14. The van der Waals surface area contributed by atoms with Crippen LogP contribution < -0.4 is 14.5 Å². The Morgan fingerprint density at radius 2 is 1.19 bits per heavy atom. The fourth-order valence-corrected chi connectivity index (χ4v) is 3.01. The highest BCUT2D eigenvalue weighted by molar-refractivity contribution is 5.71. The van der Waals surface area contributed by atoms with Crippen molar-refractivity contribution in [2.75, 3.05) is 5.32 Å². The van der Waals surface area contributed by atoms with Gasteiger partial charge in [0.05, 0.1) is 0 Å². The molecule has 27 heavy (non-hydrogen) atoms. The normalized spacial score (nSPS) is 10.4. The number of rotatable bonds is 5. The fourth-order valence-electron chi connectivity index (χ4n) is 3.01. The third-order valence-electron chi connectivity index (χ3n) is 4.42. The summed E-state index contributed by atoms with van der Waals surface area (Å²) in [5.74, 6) is 0. The lowest BCUT2D eigenvalue weighted by atomic mass is 10.1. The fraction of sp³-hybridized carbons (Fsp3) is 0. The molecule has 0 aliphatic carbocycles. The summed E-state index contributed by atoms with van der Waals surface area (Å²) in [6.07, 6.45) is 8.87. The molecule has 1 N–H and O–H groups in total. The number of nitrogens with zero attached hydrogens (tertiary/aromatic N) is 2. The molecule has 0 unspecified atom stereocenters. The van der Waals surface area contributed by atoms with E-state index in [4.69, 9.17) is 0 Å². The van der Waals surface area contributed by atoms with Gasteiger partial charge in [0.2, 0.25) is 17.8 Å². The van der Waals surface area contributed by atoms with Crippen molar-refractivity contribution in [1.82, 2.24) is 0 Å². The Bertz CT molecular complexity index is 1040. The number of anilines is 1. The molecule has 0 fully saturated rings. The van der Waals surface area contributed by atoms with E-state index in [0.717, 1.165) is 28.2 Å². The van der Waals surface area contributed by atoms with Crippen LogP contribution in [-0.2, 0) is 4.79 Å². The lowest BCUT2D eigenvalue weighted by Crippen LogP contribution is -2.29. The lowest BCUT2D eigenvalue weighted by Gasteiger charge is -2.02. The molecule has 2 aromatic heterocycles. The van der Waals surface area contributed by atoms with E-state index >= 15 is 0 Å². The number of nitrogens with one attached hydrogen (secondary N) is 1. The van der Waals surface area contributed by atoms with Gasteiger partial charge in [-0.1, -0.05) is 24.3 Å². The zero-order valence-electron chi connectivity index (χ0n) is 14.7. The summed E-state index contributed by atoms with van der Waals surface area (Å²) < 4.78 is 4.12. The van der Waals surface area contributed by atoms with Gasteiger partial charge < -0.3 is 5.32 Å². The molecule has 2 aromatic carbocycles. The third kappa shape index (κ3) is 3.75. The van der Waals surface area contributed by atoms with Crippen LogP contribution >= 0.6 is 0 Å². The first-order valence-electron chi connectivity index (χ1n) is 8.72. The number of aromatic nitrogens is 2. The van der Waals surface area contributed by atoms with E-state index in [2.05, 4.69) is 58.7 Å². The number of hydrogen-bond donors (Lipinski definition) is 1. The number of carbonyl (C=O) groups is 1. The van der Waals surface area contributed by atoms with Gasteiger partial charge in [-0.15, -0.1) is 0 Å². The van der Waals surface area contributed by atoms with E-state index in [0.29, 0.717) is 6.41 Å². The van der Waals surface area contributed by atoms with Gasteiger partial charge in [-0.3, -0.25) is 4.79 Å². The maximum Gasteiger partial charge on any atom is 0.212 e. The average molecular weight is 353 g/mol. The number of benzene rings is 2. The Balaban J connectivity index is 1.57. The van der Waals surface area contributed by atoms with Crippen molar-refractivity contribution >= 4 is 12.1 Å². The quantitative estimate of drug-likeness (QED) is 0.433. The van der Waals surface area contributed by atoms with E-state index in [9.17, 15) is 4.79 Å². The highest BCUT2D eigenvalue weighted by atomic mass is 16.1. The monoisotopic (exact) mass is 353 g/mol. The van der Waals surface area contributed by atoms with Crippen LogP contribution in [0.3, 0.4) is 0 Å². The van der Waals surface area contributed by atoms with E-state index in [1.165, 1.54) is 0 Å². The minimum Gasteiger partial charge on any atom is -0.328 e. The lowest BCUT2D eigenvalue weighted by molar-refractivity contribution is -0.596. The van der Waals surface area contributed by atoms with Gasteiger partial charge in [-0.05, 0) is 17.2 Å². The smallest absolute Gasteiger partial charge is 0.212 e.